The molecule has 0 aliphatic heterocycles. The van der Waals surface area contributed by atoms with E-state index >= 15 is 0 Å². The lowest BCUT2D eigenvalue weighted by atomic mass is 10.3. The number of amidine groups is 1. The summed E-state index contributed by atoms with van der Waals surface area (Å²) in [5, 5.41) is 7.36. The molecule has 12 heavy (non-hydrogen) atoms. The Balaban J connectivity index is 2.58. The van der Waals surface area contributed by atoms with E-state index in [0.717, 1.165) is 12.1 Å². The normalized spacial score (nSPS) is 9.50. The van der Waals surface area contributed by atoms with Crippen molar-refractivity contribution in [3.05, 3.63) is 30.1 Å². The van der Waals surface area contributed by atoms with Crippen LogP contribution in [0.3, 0.4) is 0 Å². The molecule has 3 nitrogen and oxygen atoms in total. The first-order valence-electron chi connectivity index (χ1n) is 3.85. The molecule has 0 radical (unpaired) electrons. The molecule has 0 aliphatic rings. The lowest BCUT2D eigenvalue weighted by Gasteiger charge is -2.16. The Bertz CT molecular complexity index is 256. The van der Waals surface area contributed by atoms with Gasteiger partial charge in [0.2, 0.25) is 0 Å². The molecule has 0 saturated heterocycles. The van der Waals surface area contributed by atoms with Gasteiger partial charge >= 0.3 is 0 Å². The number of rotatable bonds is 2. The van der Waals surface area contributed by atoms with Crippen LogP contribution in [0.1, 0.15) is 12.5 Å². The standard InChI is InChI=1S/C9H13N3/c1-8(10)12(2)7-9-4-3-5-11-6-9/h3-6,10H,7H2,1-2H3. The third-order valence-electron chi connectivity index (χ3n) is 1.72. The summed E-state index contributed by atoms with van der Waals surface area (Å²) in [7, 11) is 1.90. The van der Waals surface area contributed by atoms with Crippen molar-refractivity contribution in [2.24, 2.45) is 0 Å². The van der Waals surface area contributed by atoms with Crippen molar-refractivity contribution in [3.63, 3.8) is 0 Å². The number of nitrogens with one attached hydrogen (secondary N) is 1. The first-order chi connectivity index (χ1) is 5.70. The van der Waals surface area contributed by atoms with E-state index in [0.29, 0.717) is 5.84 Å². The molecule has 0 saturated carbocycles. The maximum atomic E-state index is 7.36. The first-order valence-corrected chi connectivity index (χ1v) is 3.85. The summed E-state index contributed by atoms with van der Waals surface area (Å²) in [6.45, 7) is 2.53. The van der Waals surface area contributed by atoms with Crippen LogP contribution in [-0.4, -0.2) is 22.8 Å². The third-order valence-corrected chi connectivity index (χ3v) is 1.72. The fourth-order valence-corrected chi connectivity index (χ4v) is 0.884. The molecule has 0 aliphatic carbocycles. The van der Waals surface area contributed by atoms with Gasteiger partial charge in [-0.1, -0.05) is 6.07 Å². The van der Waals surface area contributed by atoms with E-state index in [4.69, 9.17) is 5.41 Å². The highest BCUT2D eigenvalue weighted by molar-refractivity contribution is 5.75. The molecule has 0 spiro atoms. The zero-order valence-electron chi connectivity index (χ0n) is 7.41. The summed E-state index contributed by atoms with van der Waals surface area (Å²) in [4.78, 5) is 5.87. The van der Waals surface area contributed by atoms with Crippen molar-refractivity contribution < 1.29 is 0 Å². The van der Waals surface area contributed by atoms with E-state index in [1.165, 1.54) is 0 Å². The summed E-state index contributed by atoms with van der Waals surface area (Å²) in [6.07, 6.45) is 3.57. The van der Waals surface area contributed by atoms with Crippen molar-refractivity contribution in [3.8, 4) is 0 Å². The molecule has 0 atom stereocenters. The van der Waals surface area contributed by atoms with Crippen LogP contribution in [0, 0.1) is 5.41 Å². The zero-order valence-corrected chi connectivity index (χ0v) is 7.41. The molecule has 1 aromatic heterocycles. The molecule has 0 bridgehead atoms. The molecule has 3 heteroatoms. The Hall–Kier alpha value is -1.38. The van der Waals surface area contributed by atoms with Gasteiger partial charge in [0.25, 0.3) is 0 Å². The van der Waals surface area contributed by atoms with Gasteiger partial charge in [-0.05, 0) is 18.6 Å². The van der Waals surface area contributed by atoms with Gasteiger partial charge in [-0.3, -0.25) is 10.4 Å². The highest BCUT2D eigenvalue weighted by Crippen LogP contribution is 2.00. The minimum atomic E-state index is 0.568. The molecule has 1 rings (SSSR count). The molecule has 0 fully saturated rings. The maximum Gasteiger partial charge on any atom is 0.0926 e. The maximum absolute atomic E-state index is 7.36. The predicted octanol–water partition coefficient (Wildman–Crippen LogP) is 1.51. The minimum absolute atomic E-state index is 0.568. The van der Waals surface area contributed by atoms with Crippen LogP contribution in [0.5, 0.6) is 0 Å². The fraction of sp³-hybridized carbons (Fsp3) is 0.333. The molecule has 64 valence electrons. The van der Waals surface area contributed by atoms with Gasteiger partial charge in [-0.2, -0.15) is 0 Å². The van der Waals surface area contributed by atoms with Crippen LogP contribution in [-0.2, 0) is 6.54 Å². The largest absolute Gasteiger partial charge is 0.359 e. The van der Waals surface area contributed by atoms with Crippen molar-refractivity contribution >= 4 is 5.84 Å². The van der Waals surface area contributed by atoms with Gasteiger partial charge in [0.1, 0.15) is 0 Å². The second-order valence-electron chi connectivity index (χ2n) is 2.80. The summed E-state index contributed by atoms with van der Waals surface area (Å²) >= 11 is 0. The first kappa shape index (κ1) is 8.71. The molecular formula is C9H13N3. The van der Waals surface area contributed by atoms with E-state index in [-0.39, 0.29) is 0 Å². The Labute approximate surface area is 72.6 Å². The molecule has 0 aromatic carbocycles. The van der Waals surface area contributed by atoms with E-state index in [9.17, 15) is 0 Å². The van der Waals surface area contributed by atoms with Crippen molar-refractivity contribution in [2.75, 3.05) is 7.05 Å². The Morgan fingerprint density at radius 2 is 2.42 bits per heavy atom. The summed E-state index contributed by atoms with van der Waals surface area (Å²) in [5.41, 5.74) is 1.13. The fourth-order valence-electron chi connectivity index (χ4n) is 0.884. The topological polar surface area (TPSA) is 40.0 Å². The van der Waals surface area contributed by atoms with Gasteiger partial charge in [0, 0.05) is 26.0 Å². The Morgan fingerprint density at radius 1 is 1.67 bits per heavy atom. The van der Waals surface area contributed by atoms with Crippen molar-refractivity contribution in [2.45, 2.75) is 13.5 Å². The van der Waals surface area contributed by atoms with Crippen LogP contribution in [0.15, 0.2) is 24.5 Å². The van der Waals surface area contributed by atoms with Gasteiger partial charge in [0.15, 0.2) is 0 Å². The minimum Gasteiger partial charge on any atom is -0.359 e. The monoisotopic (exact) mass is 163 g/mol. The van der Waals surface area contributed by atoms with Crippen LogP contribution in [0.25, 0.3) is 0 Å². The van der Waals surface area contributed by atoms with E-state index < -0.39 is 0 Å². The van der Waals surface area contributed by atoms with Crippen molar-refractivity contribution in [1.29, 1.82) is 5.41 Å². The number of hydrogen-bond donors (Lipinski definition) is 1. The summed E-state index contributed by atoms with van der Waals surface area (Å²) in [6, 6.07) is 3.91. The van der Waals surface area contributed by atoms with Crippen LogP contribution in [0.4, 0.5) is 0 Å². The van der Waals surface area contributed by atoms with Crippen LogP contribution < -0.4 is 0 Å². The van der Waals surface area contributed by atoms with Gasteiger partial charge in [-0.15, -0.1) is 0 Å². The quantitative estimate of drug-likeness (QED) is 0.530. The summed E-state index contributed by atoms with van der Waals surface area (Å²) < 4.78 is 0. The van der Waals surface area contributed by atoms with Gasteiger partial charge < -0.3 is 4.90 Å². The number of aromatic nitrogens is 1. The van der Waals surface area contributed by atoms with Gasteiger partial charge in [-0.25, -0.2) is 0 Å². The molecular weight excluding hydrogens is 150 g/mol. The number of nitrogens with zero attached hydrogens (tertiary/aromatic N) is 2. The highest BCUT2D eigenvalue weighted by atomic mass is 15.1. The predicted molar refractivity (Wildman–Crippen MR) is 49.1 cm³/mol. The average molecular weight is 163 g/mol. The van der Waals surface area contributed by atoms with E-state index in [2.05, 4.69) is 4.98 Å². The van der Waals surface area contributed by atoms with E-state index in [1.54, 1.807) is 13.1 Å². The van der Waals surface area contributed by atoms with Crippen LogP contribution >= 0.6 is 0 Å². The Morgan fingerprint density at radius 3 is 2.92 bits per heavy atom. The molecule has 1 aromatic rings. The smallest absolute Gasteiger partial charge is 0.0926 e. The second kappa shape index (κ2) is 3.85. The van der Waals surface area contributed by atoms with Crippen molar-refractivity contribution in [1.82, 2.24) is 9.88 Å². The van der Waals surface area contributed by atoms with Gasteiger partial charge in [0.05, 0.1) is 5.84 Å². The molecule has 0 amide bonds. The molecule has 1 heterocycles. The third kappa shape index (κ3) is 2.34. The lowest BCUT2D eigenvalue weighted by Crippen LogP contribution is -2.22. The second-order valence-corrected chi connectivity index (χ2v) is 2.80. The SMILES string of the molecule is CC(=N)N(C)Cc1cccnc1. The lowest BCUT2D eigenvalue weighted by molar-refractivity contribution is 0.493. The zero-order chi connectivity index (χ0) is 8.97. The Kier molecular flexibility index (Phi) is 2.80. The molecule has 0 unspecified atom stereocenters. The molecule has 1 N–H and O–H groups in total. The summed E-state index contributed by atoms with van der Waals surface area (Å²) in [5.74, 6) is 0.568. The highest BCUT2D eigenvalue weighted by Gasteiger charge is 1.98. The average Bonchev–Trinajstić information content (AvgIpc) is 2.06. The van der Waals surface area contributed by atoms with E-state index in [1.807, 2.05) is 30.3 Å². The number of hydrogen-bond acceptors (Lipinski definition) is 2. The number of pyridine rings is 1. The van der Waals surface area contributed by atoms with Crippen LogP contribution in [0.2, 0.25) is 0 Å².